The predicted octanol–water partition coefficient (Wildman–Crippen LogP) is 5.09. The van der Waals surface area contributed by atoms with Crippen molar-refractivity contribution in [3.05, 3.63) is 12.2 Å². The summed E-state index contributed by atoms with van der Waals surface area (Å²) >= 11 is 0. The van der Waals surface area contributed by atoms with Crippen molar-refractivity contribution in [2.24, 2.45) is 17.8 Å². The summed E-state index contributed by atoms with van der Waals surface area (Å²) in [5, 5.41) is 9.23. The van der Waals surface area contributed by atoms with E-state index in [0.717, 1.165) is 25.2 Å². The number of hydrogen-bond donors (Lipinski definition) is 0. The first-order valence-corrected chi connectivity index (χ1v) is 7.29. The molecule has 0 saturated heterocycles. The van der Waals surface area contributed by atoms with Gasteiger partial charge in [0.25, 0.3) is 0 Å². The third kappa shape index (κ3) is 4.19. The summed E-state index contributed by atoms with van der Waals surface area (Å²) in [7, 11) is 0. The summed E-state index contributed by atoms with van der Waals surface area (Å²) < 4.78 is 0. The fourth-order valence-electron chi connectivity index (χ4n) is 3.15. The summed E-state index contributed by atoms with van der Waals surface area (Å²) in [5.41, 5.74) is 1.37. The lowest BCUT2D eigenvalue weighted by molar-refractivity contribution is 0.315. The molecule has 0 amide bonds. The minimum Gasteiger partial charge on any atom is -0.198 e. The normalized spacial score (nSPS) is 27.9. The Bertz CT molecular complexity index is 274. The molecule has 0 radical (unpaired) electrons. The average molecular weight is 233 g/mol. The zero-order chi connectivity index (χ0) is 12.7. The molecule has 1 nitrogen and oxygen atoms in total. The second-order valence-electron chi connectivity index (χ2n) is 5.54. The van der Waals surface area contributed by atoms with E-state index in [0.29, 0.717) is 11.8 Å². The standard InChI is InChI=1S/C16H27N/c1-4-6-7-8-16-14(11-13(3)5-2)9-10-15(16)12-17/h14-16H,3-11H2,1-2H3. The molecule has 0 aromatic carbocycles. The van der Waals surface area contributed by atoms with Crippen LogP contribution < -0.4 is 0 Å². The maximum atomic E-state index is 9.23. The third-order valence-corrected chi connectivity index (χ3v) is 4.33. The van der Waals surface area contributed by atoms with Crippen molar-refractivity contribution in [2.75, 3.05) is 0 Å². The molecule has 1 aliphatic rings. The van der Waals surface area contributed by atoms with Crippen LogP contribution in [0.3, 0.4) is 0 Å². The highest BCUT2D eigenvalue weighted by Gasteiger charge is 2.35. The van der Waals surface area contributed by atoms with Crippen molar-refractivity contribution in [2.45, 2.75) is 65.2 Å². The molecule has 0 bridgehead atoms. The molecular weight excluding hydrogens is 206 g/mol. The van der Waals surface area contributed by atoms with Crippen molar-refractivity contribution >= 4 is 0 Å². The van der Waals surface area contributed by atoms with Crippen LogP contribution in [-0.2, 0) is 0 Å². The van der Waals surface area contributed by atoms with Crippen LogP contribution in [0.2, 0.25) is 0 Å². The molecule has 96 valence electrons. The number of rotatable bonds is 7. The van der Waals surface area contributed by atoms with Gasteiger partial charge in [-0.05, 0) is 43.9 Å². The van der Waals surface area contributed by atoms with Crippen molar-refractivity contribution in [3.8, 4) is 6.07 Å². The quantitative estimate of drug-likeness (QED) is 0.444. The van der Waals surface area contributed by atoms with Gasteiger partial charge in [-0.25, -0.2) is 0 Å². The topological polar surface area (TPSA) is 23.8 Å². The molecule has 3 unspecified atom stereocenters. The van der Waals surface area contributed by atoms with Gasteiger partial charge >= 0.3 is 0 Å². The molecule has 0 spiro atoms. The zero-order valence-electron chi connectivity index (χ0n) is 11.5. The summed E-state index contributed by atoms with van der Waals surface area (Å²) in [6.45, 7) is 8.56. The first-order valence-electron chi connectivity index (χ1n) is 7.29. The van der Waals surface area contributed by atoms with Crippen LogP contribution in [0.15, 0.2) is 12.2 Å². The number of nitriles is 1. The van der Waals surface area contributed by atoms with E-state index in [9.17, 15) is 5.26 Å². The lowest BCUT2D eigenvalue weighted by Gasteiger charge is -2.22. The molecule has 1 saturated carbocycles. The Morgan fingerprint density at radius 2 is 2.06 bits per heavy atom. The van der Waals surface area contributed by atoms with Gasteiger partial charge in [0.1, 0.15) is 0 Å². The lowest BCUT2D eigenvalue weighted by Crippen LogP contribution is -2.14. The first-order chi connectivity index (χ1) is 8.22. The number of unbranched alkanes of at least 4 members (excludes halogenated alkanes) is 2. The van der Waals surface area contributed by atoms with E-state index >= 15 is 0 Å². The van der Waals surface area contributed by atoms with Crippen LogP contribution in [0, 0.1) is 29.1 Å². The molecule has 3 atom stereocenters. The van der Waals surface area contributed by atoms with Gasteiger partial charge in [0, 0.05) is 5.92 Å². The molecule has 1 heteroatoms. The van der Waals surface area contributed by atoms with Gasteiger partial charge in [-0.15, -0.1) is 0 Å². The minimum absolute atomic E-state index is 0.321. The fraction of sp³-hybridized carbons (Fsp3) is 0.812. The van der Waals surface area contributed by atoms with Gasteiger partial charge in [0.05, 0.1) is 6.07 Å². The van der Waals surface area contributed by atoms with Crippen LogP contribution in [0.1, 0.15) is 65.2 Å². The minimum atomic E-state index is 0.321. The van der Waals surface area contributed by atoms with Gasteiger partial charge in [0.15, 0.2) is 0 Å². The number of nitrogens with zero attached hydrogens (tertiary/aromatic N) is 1. The van der Waals surface area contributed by atoms with Gasteiger partial charge in [-0.3, -0.25) is 0 Å². The van der Waals surface area contributed by atoms with Gasteiger partial charge in [-0.2, -0.15) is 5.26 Å². The molecule has 0 aromatic heterocycles. The molecule has 1 aliphatic carbocycles. The van der Waals surface area contributed by atoms with Crippen LogP contribution in [0.4, 0.5) is 0 Å². The van der Waals surface area contributed by atoms with E-state index in [-0.39, 0.29) is 0 Å². The summed E-state index contributed by atoms with van der Waals surface area (Å²) in [6, 6.07) is 2.53. The summed E-state index contributed by atoms with van der Waals surface area (Å²) in [6.07, 6.45) is 9.76. The fourth-order valence-corrected chi connectivity index (χ4v) is 3.15. The van der Waals surface area contributed by atoms with Crippen molar-refractivity contribution in [3.63, 3.8) is 0 Å². The largest absolute Gasteiger partial charge is 0.198 e. The molecular formula is C16H27N. The van der Waals surface area contributed by atoms with Crippen molar-refractivity contribution in [1.29, 1.82) is 5.26 Å². The molecule has 1 fully saturated rings. The van der Waals surface area contributed by atoms with Crippen molar-refractivity contribution < 1.29 is 0 Å². The number of allylic oxidation sites excluding steroid dienone is 1. The Morgan fingerprint density at radius 1 is 1.29 bits per heavy atom. The van der Waals surface area contributed by atoms with Crippen molar-refractivity contribution in [1.82, 2.24) is 0 Å². The van der Waals surface area contributed by atoms with E-state index in [1.165, 1.54) is 37.7 Å². The highest BCUT2D eigenvalue weighted by molar-refractivity contribution is 5.02. The Kier molecular flexibility index (Phi) is 6.34. The molecule has 0 aromatic rings. The van der Waals surface area contributed by atoms with Gasteiger partial charge in [-0.1, -0.05) is 45.3 Å². The molecule has 0 N–H and O–H groups in total. The van der Waals surface area contributed by atoms with Gasteiger partial charge in [0.2, 0.25) is 0 Å². The highest BCUT2D eigenvalue weighted by atomic mass is 14.4. The van der Waals surface area contributed by atoms with E-state index < -0.39 is 0 Å². The Hall–Kier alpha value is -0.770. The monoisotopic (exact) mass is 233 g/mol. The van der Waals surface area contributed by atoms with E-state index in [4.69, 9.17) is 0 Å². The average Bonchev–Trinajstić information content (AvgIpc) is 2.72. The Labute approximate surface area is 107 Å². The van der Waals surface area contributed by atoms with Crippen LogP contribution >= 0.6 is 0 Å². The maximum Gasteiger partial charge on any atom is 0.0658 e. The lowest BCUT2D eigenvalue weighted by atomic mass is 9.82. The second-order valence-corrected chi connectivity index (χ2v) is 5.54. The van der Waals surface area contributed by atoms with E-state index in [1.807, 2.05) is 0 Å². The molecule has 1 rings (SSSR count). The van der Waals surface area contributed by atoms with E-state index in [1.54, 1.807) is 0 Å². The third-order valence-electron chi connectivity index (χ3n) is 4.33. The SMILES string of the molecule is C=C(CC)CC1CCC(C#N)C1CCCCC. The first kappa shape index (κ1) is 14.3. The molecule has 0 heterocycles. The second kappa shape index (κ2) is 7.54. The zero-order valence-corrected chi connectivity index (χ0v) is 11.5. The predicted molar refractivity (Wildman–Crippen MR) is 73.5 cm³/mol. The molecule has 17 heavy (non-hydrogen) atoms. The maximum absolute atomic E-state index is 9.23. The Morgan fingerprint density at radius 3 is 2.65 bits per heavy atom. The smallest absolute Gasteiger partial charge is 0.0658 e. The van der Waals surface area contributed by atoms with Gasteiger partial charge < -0.3 is 0 Å². The summed E-state index contributed by atoms with van der Waals surface area (Å²) in [5.74, 6) is 1.71. The highest BCUT2D eigenvalue weighted by Crippen LogP contribution is 2.43. The summed E-state index contributed by atoms with van der Waals surface area (Å²) in [4.78, 5) is 0. The Balaban J connectivity index is 2.50. The van der Waals surface area contributed by atoms with Crippen LogP contribution in [0.25, 0.3) is 0 Å². The van der Waals surface area contributed by atoms with Crippen LogP contribution in [-0.4, -0.2) is 0 Å². The van der Waals surface area contributed by atoms with E-state index in [2.05, 4.69) is 26.5 Å². The van der Waals surface area contributed by atoms with Crippen LogP contribution in [0.5, 0.6) is 0 Å². The molecule has 0 aliphatic heterocycles. The number of hydrogen-bond acceptors (Lipinski definition) is 1.